The summed E-state index contributed by atoms with van der Waals surface area (Å²) in [5.74, 6) is -0.217. The number of rotatable bonds is 5. The van der Waals surface area contributed by atoms with Crippen LogP contribution in [0.3, 0.4) is 0 Å². The SMILES string of the molecule is C[C@H](NC(=O)CCc1ccc(F)cc1)c1ccc2c(c1)CCC2. The molecule has 0 bridgehead atoms. The Balaban J connectivity index is 1.54. The molecule has 0 fully saturated rings. The number of carbonyl (C=O) groups is 1. The zero-order chi connectivity index (χ0) is 16.2. The van der Waals surface area contributed by atoms with Crippen LogP contribution in [0.15, 0.2) is 42.5 Å². The van der Waals surface area contributed by atoms with Gasteiger partial charge in [0.25, 0.3) is 0 Å². The largest absolute Gasteiger partial charge is 0.350 e. The molecule has 120 valence electrons. The van der Waals surface area contributed by atoms with Crippen LogP contribution in [-0.4, -0.2) is 5.91 Å². The van der Waals surface area contributed by atoms with Crippen molar-refractivity contribution in [1.29, 1.82) is 0 Å². The van der Waals surface area contributed by atoms with Gasteiger partial charge in [-0.2, -0.15) is 0 Å². The van der Waals surface area contributed by atoms with Crippen molar-refractivity contribution < 1.29 is 9.18 Å². The van der Waals surface area contributed by atoms with Crippen molar-refractivity contribution in [1.82, 2.24) is 5.32 Å². The summed E-state index contributed by atoms with van der Waals surface area (Å²) in [5, 5.41) is 3.06. The molecule has 2 aromatic carbocycles. The van der Waals surface area contributed by atoms with Gasteiger partial charge in [0.15, 0.2) is 0 Å². The predicted octanol–water partition coefficient (Wildman–Crippen LogP) is 4.12. The zero-order valence-electron chi connectivity index (χ0n) is 13.4. The maximum Gasteiger partial charge on any atom is 0.220 e. The van der Waals surface area contributed by atoms with Gasteiger partial charge in [-0.1, -0.05) is 30.3 Å². The van der Waals surface area contributed by atoms with E-state index in [1.54, 1.807) is 12.1 Å². The zero-order valence-corrected chi connectivity index (χ0v) is 13.4. The van der Waals surface area contributed by atoms with Gasteiger partial charge in [0.05, 0.1) is 6.04 Å². The van der Waals surface area contributed by atoms with E-state index in [-0.39, 0.29) is 17.8 Å². The van der Waals surface area contributed by atoms with E-state index < -0.39 is 0 Å². The van der Waals surface area contributed by atoms with Gasteiger partial charge in [0.1, 0.15) is 5.82 Å². The molecule has 0 saturated heterocycles. The second-order valence-electron chi connectivity index (χ2n) is 6.30. The summed E-state index contributed by atoms with van der Waals surface area (Å²) in [6.45, 7) is 2.02. The summed E-state index contributed by atoms with van der Waals surface area (Å²) >= 11 is 0. The van der Waals surface area contributed by atoms with E-state index in [1.165, 1.54) is 41.7 Å². The summed E-state index contributed by atoms with van der Waals surface area (Å²) in [5.41, 5.74) is 5.02. The van der Waals surface area contributed by atoms with Gasteiger partial charge < -0.3 is 5.32 Å². The Morgan fingerprint density at radius 2 is 1.87 bits per heavy atom. The molecule has 1 amide bonds. The van der Waals surface area contributed by atoms with Crippen LogP contribution in [0.25, 0.3) is 0 Å². The maximum absolute atomic E-state index is 12.9. The third kappa shape index (κ3) is 3.98. The Bertz CT molecular complexity index is 693. The minimum absolute atomic E-state index is 0.0154. The van der Waals surface area contributed by atoms with Gasteiger partial charge in [-0.25, -0.2) is 4.39 Å². The minimum Gasteiger partial charge on any atom is -0.350 e. The van der Waals surface area contributed by atoms with Gasteiger partial charge in [-0.3, -0.25) is 4.79 Å². The molecule has 0 unspecified atom stereocenters. The Morgan fingerprint density at radius 1 is 1.13 bits per heavy atom. The van der Waals surface area contributed by atoms with Crippen LogP contribution in [0.4, 0.5) is 4.39 Å². The van der Waals surface area contributed by atoms with Gasteiger partial charge >= 0.3 is 0 Å². The second-order valence-corrected chi connectivity index (χ2v) is 6.30. The average molecular weight is 311 g/mol. The highest BCUT2D eigenvalue weighted by Gasteiger charge is 2.14. The van der Waals surface area contributed by atoms with Crippen LogP contribution in [0, 0.1) is 5.82 Å². The van der Waals surface area contributed by atoms with Crippen molar-refractivity contribution in [2.45, 2.75) is 45.1 Å². The number of nitrogens with one attached hydrogen (secondary N) is 1. The van der Waals surface area contributed by atoms with Crippen molar-refractivity contribution in [3.63, 3.8) is 0 Å². The number of benzene rings is 2. The van der Waals surface area contributed by atoms with Crippen molar-refractivity contribution >= 4 is 5.91 Å². The number of hydrogen-bond donors (Lipinski definition) is 1. The smallest absolute Gasteiger partial charge is 0.220 e. The number of carbonyl (C=O) groups excluding carboxylic acids is 1. The normalized spacial score (nSPS) is 14.3. The summed E-state index contributed by atoms with van der Waals surface area (Å²) in [7, 11) is 0. The summed E-state index contributed by atoms with van der Waals surface area (Å²) in [6, 6.07) is 12.9. The quantitative estimate of drug-likeness (QED) is 0.884. The first kappa shape index (κ1) is 15.7. The van der Waals surface area contributed by atoms with Crippen LogP contribution in [0.2, 0.25) is 0 Å². The lowest BCUT2D eigenvalue weighted by Crippen LogP contribution is -2.26. The molecule has 0 aromatic heterocycles. The van der Waals surface area contributed by atoms with Gasteiger partial charge in [0.2, 0.25) is 5.91 Å². The van der Waals surface area contributed by atoms with Crippen molar-refractivity contribution in [3.8, 4) is 0 Å². The highest BCUT2D eigenvalue weighted by Crippen LogP contribution is 2.25. The van der Waals surface area contributed by atoms with E-state index in [0.29, 0.717) is 12.8 Å². The lowest BCUT2D eigenvalue weighted by molar-refractivity contribution is -0.121. The Labute approximate surface area is 136 Å². The first-order chi connectivity index (χ1) is 11.1. The fourth-order valence-electron chi connectivity index (χ4n) is 3.17. The lowest BCUT2D eigenvalue weighted by Gasteiger charge is -2.15. The third-order valence-corrected chi connectivity index (χ3v) is 4.55. The topological polar surface area (TPSA) is 29.1 Å². The van der Waals surface area contributed by atoms with E-state index in [2.05, 4.69) is 23.5 Å². The maximum atomic E-state index is 12.9. The van der Waals surface area contributed by atoms with E-state index in [1.807, 2.05) is 6.92 Å². The summed E-state index contributed by atoms with van der Waals surface area (Å²) in [6.07, 6.45) is 4.60. The number of halogens is 1. The van der Waals surface area contributed by atoms with Crippen molar-refractivity contribution in [3.05, 3.63) is 70.5 Å². The molecule has 0 aliphatic heterocycles. The van der Waals surface area contributed by atoms with Crippen LogP contribution < -0.4 is 5.32 Å². The average Bonchev–Trinajstić information content (AvgIpc) is 3.02. The highest BCUT2D eigenvalue weighted by atomic mass is 19.1. The molecule has 2 nitrogen and oxygen atoms in total. The number of aryl methyl sites for hydroxylation is 3. The fourth-order valence-corrected chi connectivity index (χ4v) is 3.17. The predicted molar refractivity (Wildman–Crippen MR) is 89.7 cm³/mol. The van der Waals surface area contributed by atoms with Crippen molar-refractivity contribution in [2.24, 2.45) is 0 Å². The van der Waals surface area contributed by atoms with Crippen LogP contribution in [-0.2, 0) is 24.1 Å². The van der Waals surface area contributed by atoms with Crippen molar-refractivity contribution in [2.75, 3.05) is 0 Å². The summed E-state index contributed by atoms with van der Waals surface area (Å²) in [4.78, 5) is 12.1. The van der Waals surface area contributed by atoms with Crippen LogP contribution in [0.1, 0.15) is 48.1 Å². The van der Waals surface area contributed by atoms with E-state index >= 15 is 0 Å². The first-order valence-electron chi connectivity index (χ1n) is 8.27. The molecular weight excluding hydrogens is 289 g/mol. The Morgan fingerprint density at radius 3 is 2.65 bits per heavy atom. The number of hydrogen-bond acceptors (Lipinski definition) is 1. The Hall–Kier alpha value is -2.16. The van der Waals surface area contributed by atoms with Gasteiger partial charge in [-0.15, -0.1) is 0 Å². The molecular formula is C20H22FNO. The number of amides is 1. The molecule has 2 aromatic rings. The molecule has 3 rings (SSSR count). The van der Waals surface area contributed by atoms with Crippen LogP contribution in [0.5, 0.6) is 0 Å². The van der Waals surface area contributed by atoms with E-state index in [4.69, 9.17) is 0 Å². The molecule has 0 spiro atoms. The fraction of sp³-hybridized carbons (Fsp3) is 0.350. The highest BCUT2D eigenvalue weighted by molar-refractivity contribution is 5.76. The first-order valence-corrected chi connectivity index (χ1v) is 8.27. The molecule has 3 heteroatoms. The molecule has 1 aliphatic carbocycles. The Kier molecular flexibility index (Phi) is 4.75. The standard InChI is InChI=1S/C20H22FNO/c1-14(17-9-8-16-3-2-4-18(16)13-17)22-20(23)12-7-15-5-10-19(21)11-6-15/h5-6,8-11,13-14H,2-4,7,12H2,1H3,(H,22,23)/t14-/m0/s1. The molecule has 1 aliphatic rings. The number of fused-ring (bicyclic) bond motifs is 1. The second kappa shape index (κ2) is 6.95. The molecule has 0 radical (unpaired) electrons. The summed E-state index contributed by atoms with van der Waals surface area (Å²) < 4.78 is 12.9. The molecule has 0 saturated carbocycles. The molecule has 1 atom stereocenters. The van der Waals surface area contributed by atoms with E-state index in [0.717, 1.165) is 12.0 Å². The molecule has 0 heterocycles. The monoisotopic (exact) mass is 311 g/mol. The molecule has 1 N–H and O–H groups in total. The third-order valence-electron chi connectivity index (χ3n) is 4.55. The van der Waals surface area contributed by atoms with Crippen LogP contribution >= 0.6 is 0 Å². The van der Waals surface area contributed by atoms with E-state index in [9.17, 15) is 9.18 Å². The van der Waals surface area contributed by atoms with Gasteiger partial charge in [-0.05, 0) is 67.0 Å². The lowest BCUT2D eigenvalue weighted by atomic mass is 10.0. The minimum atomic E-state index is -0.247. The van der Waals surface area contributed by atoms with Gasteiger partial charge in [0, 0.05) is 6.42 Å². The molecule has 23 heavy (non-hydrogen) atoms.